The third kappa shape index (κ3) is 4.26. The molecule has 0 bridgehead atoms. The number of hydrogen-bond donors (Lipinski definition) is 3. The normalized spacial score (nSPS) is 15.6. The Morgan fingerprint density at radius 2 is 1.74 bits per heavy atom. The zero-order valence-corrected chi connectivity index (χ0v) is 18.8. The molecule has 3 aromatic rings. The molecular weight excluding hydrogens is 430 g/mol. The topological polar surface area (TPSA) is 98.7 Å². The molecule has 0 aliphatic carbocycles. The Labute approximate surface area is 197 Å². The predicted octanol–water partition coefficient (Wildman–Crippen LogP) is 3.24. The Kier molecular flexibility index (Phi) is 6.02. The van der Waals surface area contributed by atoms with Crippen molar-refractivity contribution in [2.45, 2.75) is 38.2 Å². The van der Waals surface area contributed by atoms with E-state index in [1.807, 2.05) is 59.5 Å². The van der Waals surface area contributed by atoms with Crippen molar-refractivity contribution < 1.29 is 19.5 Å². The van der Waals surface area contributed by atoms with E-state index in [1.165, 1.54) is 0 Å². The average Bonchev–Trinajstić information content (AvgIpc) is 2.85. The fourth-order valence-electron chi connectivity index (χ4n) is 5.01. The molecule has 0 aromatic heterocycles. The lowest BCUT2D eigenvalue weighted by molar-refractivity contribution is -0.136. The number of amides is 3. The van der Waals surface area contributed by atoms with E-state index in [-0.39, 0.29) is 12.5 Å². The van der Waals surface area contributed by atoms with E-state index in [0.717, 1.165) is 52.5 Å². The van der Waals surface area contributed by atoms with Gasteiger partial charge >= 0.3 is 11.8 Å². The third-order valence-corrected chi connectivity index (χ3v) is 6.62. The van der Waals surface area contributed by atoms with Crippen LogP contribution < -0.4 is 15.5 Å². The molecular formula is C27H27N3O4. The second kappa shape index (κ2) is 9.27. The fraction of sp³-hybridized carbons (Fsp3) is 0.296. The first kappa shape index (κ1) is 22.1. The van der Waals surface area contributed by atoms with E-state index in [2.05, 4.69) is 10.6 Å². The van der Waals surface area contributed by atoms with E-state index in [0.29, 0.717) is 24.9 Å². The van der Waals surface area contributed by atoms with Crippen molar-refractivity contribution in [1.29, 1.82) is 0 Å². The lowest BCUT2D eigenvalue weighted by Gasteiger charge is -2.35. The molecule has 0 saturated carbocycles. The molecule has 3 amide bonds. The number of anilines is 2. The Bertz CT molecular complexity index is 1260. The summed E-state index contributed by atoms with van der Waals surface area (Å²) in [6.07, 6.45) is 2.36. The lowest BCUT2D eigenvalue weighted by Crippen LogP contribution is -2.39. The zero-order valence-electron chi connectivity index (χ0n) is 18.8. The molecule has 0 fully saturated rings. The molecule has 0 radical (unpaired) electrons. The standard InChI is InChI=1S/C27H27N3O4/c31-23(22-9-3-6-17-5-1-2-8-21(17)22)12-13-28-26(33)27(34)29-20-15-18-7-4-14-30-24(32)11-10-19(16-20)25(18)30/h1-3,5-6,8-9,15-16,23,31H,4,7,10-14H2,(H,28,33)(H,29,34). The number of hydrogen-bond acceptors (Lipinski definition) is 4. The SMILES string of the molecule is O=C(NCCC(O)c1cccc2ccccc12)C(=O)Nc1cc2c3c(c1)CCC(=O)N3CCC2. The number of fused-ring (bicyclic) bond motifs is 1. The van der Waals surface area contributed by atoms with Crippen LogP contribution in [-0.4, -0.2) is 35.9 Å². The summed E-state index contributed by atoms with van der Waals surface area (Å²) in [5.74, 6) is -1.34. The molecule has 5 rings (SSSR count). The number of aryl methyl sites for hydroxylation is 2. The Hall–Kier alpha value is -3.71. The highest BCUT2D eigenvalue weighted by atomic mass is 16.3. The summed E-state index contributed by atoms with van der Waals surface area (Å²) in [6.45, 7) is 0.903. The summed E-state index contributed by atoms with van der Waals surface area (Å²) in [7, 11) is 0. The second-order valence-electron chi connectivity index (χ2n) is 8.87. The van der Waals surface area contributed by atoms with Crippen molar-refractivity contribution in [1.82, 2.24) is 5.32 Å². The first-order chi connectivity index (χ1) is 16.5. The number of aliphatic hydroxyl groups excluding tert-OH is 1. The molecule has 2 aliphatic heterocycles. The maximum absolute atomic E-state index is 12.5. The van der Waals surface area contributed by atoms with Crippen LogP contribution in [0.3, 0.4) is 0 Å². The maximum Gasteiger partial charge on any atom is 0.313 e. The number of carbonyl (C=O) groups is 3. The lowest BCUT2D eigenvalue weighted by atomic mass is 9.91. The summed E-state index contributed by atoms with van der Waals surface area (Å²) in [4.78, 5) is 38.9. The summed E-state index contributed by atoms with van der Waals surface area (Å²) in [5, 5.41) is 17.9. The molecule has 0 saturated heterocycles. The fourth-order valence-corrected chi connectivity index (χ4v) is 5.01. The number of aliphatic hydroxyl groups is 1. The highest BCUT2D eigenvalue weighted by Gasteiger charge is 2.30. The molecule has 2 aliphatic rings. The van der Waals surface area contributed by atoms with Crippen molar-refractivity contribution in [3.05, 3.63) is 71.3 Å². The smallest absolute Gasteiger partial charge is 0.313 e. The molecule has 2 heterocycles. The zero-order chi connectivity index (χ0) is 23.7. The van der Waals surface area contributed by atoms with Crippen LogP contribution in [-0.2, 0) is 27.2 Å². The molecule has 1 unspecified atom stereocenters. The number of nitrogens with zero attached hydrogens (tertiary/aromatic N) is 1. The van der Waals surface area contributed by atoms with E-state index < -0.39 is 17.9 Å². The summed E-state index contributed by atoms with van der Waals surface area (Å²) < 4.78 is 0. The minimum atomic E-state index is -0.756. The van der Waals surface area contributed by atoms with Gasteiger partial charge in [-0.1, -0.05) is 42.5 Å². The Morgan fingerprint density at radius 1 is 0.971 bits per heavy atom. The van der Waals surface area contributed by atoms with Crippen LogP contribution in [0.25, 0.3) is 10.8 Å². The van der Waals surface area contributed by atoms with Gasteiger partial charge in [0.25, 0.3) is 0 Å². The van der Waals surface area contributed by atoms with E-state index >= 15 is 0 Å². The van der Waals surface area contributed by atoms with Crippen molar-refractivity contribution >= 4 is 39.9 Å². The molecule has 3 aromatic carbocycles. The molecule has 174 valence electrons. The van der Waals surface area contributed by atoms with Crippen molar-refractivity contribution in [2.24, 2.45) is 0 Å². The largest absolute Gasteiger partial charge is 0.388 e. The first-order valence-corrected chi connectivity index (χ1v) is 11.7. The van der Waals surface area contributed by atoms with Crippen molar-refractivity contribution in [3.8, 4) is 0 Å². The van der Waals surface area contributed by atoms with E-state index in [4.69, 9.17) is 0 Å². The van der Waals surface area contributed by atoms with Crippen LogP contribution in [0.4, 0.5) is 11.4 Å². The van der Waals surface area contributed by atoms with Crippen LogP contribution in [0, 0.1) is 0 Å². The minimum Gasteiger partial charge on any atom is -0.388 e. The first-order valence-electron chi connectivity index (χ1n) is 11.7. The van der Waals surface area contributed by atoms with E-state index in [1.54, 1.807) is 0 Å². The monoisotopic (exact) mass is 457 g/mol. The van der Waals surface area contributed by atoms with Gasteiger partial charge in [-0.3, -0.25) is 14.4 Å². The van der Waals surface area contributed by atoms with Gasteiger partial charge in [-0.25, -0.2) is 0 Å². The number of carbonyl (C=O) groups excluding carboxylic acids is 3. The van der Waals surface area contributed by atoms with Gasteiger partial charge in [0.1, 0.15) is 0 Å². The number of nitrogens with one attached hydrogen (secondary N) is 2. The van der Waals surface area contributed by atoms with Gasteiger partial charge in [-0.15, -0.1) is 0 Å². The van der Waals surface area contributed by atoms with Crippen LogP contribution >= 0.6 is 0 Å². The highest BCUT2D eigenvalue weighted by Crippen LogP contribution is 2.37. The van der Waals surface area contributed by atoms with Gasteiger partial charge in [0, 0.05) is 25.2 Å². The van der Waals surface area contributed by atoms with Crippen molar-refractivity contribution in [3.63, 3.8) is 0 Å². The van der Waals surface area contributed by atoms with Gasteiger partial charge in [0.05, 0.1) is 11.8 Å². The van der Waals surface area contributed by atoms with Crippen LogP contribution in [0.5, 0.6) is 0 Å². The molecule has 7 nitrogen and oxygen atoms in total. The summed E-state index contributed by atoms with van der Waals surface area (Å²) >= 11 is 0. The van der Waals surface area contributed by atoms with Crippen molar-refractivity contribution in [2.75, 3.05) is 23.3 Å². The molecule has 7 heteroatoms. The van der Waals surface area contributed by atoms with Gasteiger partial charge in [0.15, 0.2) is 0 Å². The second-order valence-corrected chi connectivity index (χ2v) is 8.87. The molecule has 3 N–H and O–H groups in total. The molecule has 34 heavy (non-hydrogen) atoms. The minimum absolute atomic E-state index is 0.148. The van der Waals surface area contributed by atoms with Gasteiger partial charge in [-0.2, -0.15) is 0 Å². The van der Waals surface area contributed by atoms with E-state index in [9.17, 15) is 19.5 Å². The Balaban J connectivity index is 1.19. The molecule has 0 spiro atoms. The summed E-state index contributed by atoms with van der Waals surface area (Å²) in [6, 6.07) is 17.3. The van der Waals surface area contributed by atoms with Gasteiger partial charge in [-0.05, 0) is 65.3 Å². The third-order valence-electron chi connectivity index (χ3n) is 6.62. The van der Waals surface area contributed by atoms with Crippen LogP contribution in [0.2, 0.25) is 0 Å². The van der Waals surface area contributed by atoms with Gasteiger partial charge < -0.3 is 20.6 Å². The average molecular weight is 458 g/mol. The predicted molar refractivity (Wildman–Crippen MR) is 131 cm³/mol. The summed E-state index contributed by atoms with van der Waals surface area (Å²) in [5.41, 5.74) is 4.41. The number of benzene rings is 3. The molecule has 1 atom stereocenters. The van der Waals surface area contributed by atoms with Crippen LogP contribution in [0.1, 0.15) is 42.1 Å². The highest BCUT2D eigenvalue weighted by molar-refractivity contribution is 6.39. The quantitative estimate of drug-likeness (QED) is 0.512. The Morgan fingerprint density at radius 3 is 2.59 bits per heavy atom. The number of rotatable bonds is 5. The maximum atomic E-state index is 12.5. The van der Waals surface area contributed by atoms with Gasteiger partial charge in [0.2, 0.25) is 5.91 Å². The van der Waals surface area contributed by atoms with Crippen LogP contribution in [0.15, 0.2) is 54.6 Å².